The number of rotatable bonds is 18. The maximum Gasteiger partial charge on any atom is 0.183 e. The minimum atomic E-state index is -0.236. The summed E-state index contributed by atoms with van der Waals surface area (Å²) in [5, 5.41) is 0. The topological polar surface area (TPSA) is 27.7 Å². The Morgan fingerprint density at radius 3 is 1.74 bits per heavy atom. The fourth-order valence-electron chi connectivity index (χ4n) is 4.25. The third kappa shape index (κ3) is 12.1. The van der Waals surface area contributed by atoms with Crippen LogP contribution in [0.2, 0.25) is 0 Å². The largest absolute Gasteiger partial charge is 0.381 e. The summed E-state index contributed by atoms with van der Waals surface area (Å²) < 4.78 is 17.9. The van der Waals surface area contributed by atoms with Crippen LogP contribution in [0, 0.1) is 5.41 Å². The van der Waals surface area contributed by atoms with E-state index in [2.05, 4.69) is 26.0 Å². The number of benzene rings is 1. The first-order chi connectivity index (χ1) is 15.2. The summed E-state index contributed by atoms with van der Waals surface area (Å²) in [7, 11) is 0. The van der Waals surface area contributed by atoms with E-state index in [4.69, 9.17) is 14.2 Å². The van der Waals surface area contributed by atoms with E-state index in [-0.39, 0.29) is 11.7 Å². The molecule has 0 atom stereocenters. The van der Waals surface area contributed by atoms with Crippen molar-refractivity contribution in [2.24, 2.45) is 5.41 Å². The molecule has 0 N–H and O–H groups in total. The van der Waals surface area contributed by atoms with Gasteiger partial charge in [0.15, 0.2) is 6.29 Å². The molecule has 178 valence electrons. The number of ether oxygens (including phenoxy) is 3. The van der Waals surface area contributed by atoms with E-state index in [1.54, 1.807) is 0 Å². The van der Waals surface area contributed by atoms with Crippen molar-refractivity contribution in [1.82, 2.24) is 0 Å². The van der Waals surface area contributed by atoms with E-state index in [0.29, 0.717) is 19.8 Å². The average molecular weight is 433 g/mol. The zero-order valence-electron chi connectivity index (χ0n) is 20.4. The number of unbranched alkanes of at least 4 members (excludes halogenated alkanes) is 13. The van der Waals surface area contributed by atoms with Crippen LogP contribution in [0.1, 0.15) is 116 Å². The van der Waals surface area contributed by atoms with E-state index < -0.39 is 0 Å². The van der Waals surface area contributed by atoms with Crippen molar-refractivity contribution < 1.29 is 14.2 Å². The fraction of sp³-hybridized carbons (Fsp3) is 0.786. The molecule has 0 radical (unpaired) electrons. The SMILES string of the molecule is CCCCCCCCCCCCCCCCOCC1(C)COC(c2ccccc2)OC1. The van der Waals surface area contributed by atoms with E-state index in [0.717, 1.165) is 12.2 Å². The highest BCUT2D eigenvalue weighted by Gasteiger charge is 2.33. The first-order valence-corrected chi connectivity index (χ1v) is 13.1. The molecule has 0 bridgehead atoms. The van der Waals surface area contributed by atoms with Crippen LogP contribution in [0.4, 0.5) is 0 Å². The maximum absolute atomic E-state index is 5.96. The number of hydrogen-bond acceptors (Lipinski definition) is 3. The molecule has 0 aliphatic carbocycles. The molecule has 3 heteroatoms. The number of hydrogen-bond donors (Lipinski definition) is 0. The smallest absolute Gasteiger partial charge is 0.183 e. The molecule has 31 heavy (non-hydrogen) atoms. The third-order valence-electron chi connectivity index (χ3n) is 6.33. The zero-order chi connectivity index (χ0) is 22.0. The van der Waals surface area contributed by atoms with Gasteiger partial charge in [0.2, 0.25) is 0 Å². The molecule has 1 saturated heterocycles. The Bertz CT molecular complexity index is 522. The second-order valence-electron chi connectivity index (χ2n) is 9.82. The summed E-state index contributed by atoms with van der Waals surface area (Å²) in [6, 6.07) is 10.2. The molecule has 2 rings (SSSR count). The monoisotopic (exact) mass is 432 g/mol. The Hall–Kier alpha value is -0.900. The normalized spacial score (nSPS) is 21.4. The lowest BCUT2D eigenvalue weighted by Crippen LogP contribution is -2.40. The molecule has 1 aromatic rings. The quantitative estimate of drug-likeness (QED) is 0.219. The van der Waals surface area contributed by atoms with Gasteiger partial charge in [-0.25, -0.2) is 0 Å². The zero-order valence-corrected chi connectivity index (χ0v) is 20.4. The second-order valence-corrected chi connectivity index (χ2v) is 9.82. The first kappa shape index (κ1) is 26.4. The molecule has 0 amide bonds. The van der Waals surface area contributed by atoms with Crippen molar-refractivity contribution in [2.45, 2.75) is 110 Å². The Morgan fingerprint density at radius 2 is 1.23 bits per heavy atom. The van der Waals surface area contributed by atoms with Crippen LogP contribution < -0.4 is 0 Å². The van der Waals surface area contributed by atoms with Gasteiger partial charge < -0.3 is 14.2 Å². The van der Waals surface area contributed by atoms with Crippen molar-refractivity contribution in [2.75, 3.05) is 26.4 Å². The Balaban J connectivity index is 1.35. The summed E-state index contributed by atoms with van der Waals surface area (Å²) in [4.78, 5) is 0. The van der Waals surface area contributed by atoms with Gasteiger partial charge in [0, 0.05) is 17.6 Å². The molecule has 1 heterocycles. The van der Waals surface area contributed by atoms with Crippen molar-refractivity contribution in [1.29, 1.82) is 0 Å². The molecule has 0 spiro atoms. The summed E-state index contributed by atoms with van der Waals surface area (Å²) in [5.74, 6) is 0. The molecule has 1 aliphatic rings. The van der Waals surface area contributed by atoms with Crippen LogP contribution in [0.25, 0.3) is 0 Å². The van der Waals surface area contributed by atoms with Gasteiger partial charge in [0.1, 0.15) is 0 Å². The second kappa shape index (κ2) is 16.7. The van der Waals surface area contributed by atoms with Gasteiger partial charge in [0.05, 0.1) is 19.8 Å². The van der Waals surface area contributed by atoms with Crippen LogP contribution in [-0.2, 0) is 14.2 Å². The van der Waals surface area contributed by atoms with E-state index in [9.17, 15) is 0 Å². The lowest BCUT2D eigenvalue weighted by atomic mass is 9.93. The lowest BCUT2D eigenvalue weighted by Gasteiger charge is -2.37. The molecular weight excluding hydrogens is 384 g/mol. The van der Waals surface area contributed by atoms with Gasteiger partial charge in [-0.15, -0.1) is 0 Å². The first-order valence-electron chi connectivity index (χ1n) is 13.1. The third-order valence-corrected chi connectivity index (χ3v) is 6.33. The predicted octanol–water partition coefficient (Wildman–Crippen LogP) is 8.24. The predicted molar refractivity (Wildman–Crippen MR) is 130 cm³/mol. The Morgan fingerprint density at radius 1 is 0.742 bits per heavy atom. The highest BCUT2D eigenvalue weighted by atomic mass is 16.7. The van der Waals surface area contributed by atoms with Gasteiger partial charge >= 0.3 is 0 Å². The van der Waals surface area contributed by atoms with E-state index >= 15 is 0 Å². The molecular formula is C28H48O3. The van der Waals surface area contributed by atoms with Crippen LogP contribution in [-0.4, -0.2) is 26.4 Å². The van der Waals surface area contributed by atoms with Crippen LogP contribution in [0.3, 0.4) is 0 Å². The van der Waals surface area contributed by atoms with Gasteiger partial charge in [0.25, 0.3) is 0 Å². The molecule has 0 aromatic heterocycles. The summed E-state index contributed by atoms with van der Waals surface area (Å²) in [6.45, 7) is 7.43. The fourth-order valence-corrected chi connectivity index (χ4v) is 4.25. The van der Waals surface area contributed by atoms with Gasteiger partial charge in [-0.2, -0.15) is 0 Å². The Kier molecular flexibility index (Phi) is 14.2. The summed E-state index contributed by atoms with van der Waals surface area (Å²) in [6.07, 6.45) is 19.2. The molecule has 1 fully saturated rings. The highest BCUT2D eigenvalue weighted by molar-refractivity contribution is 5.16. The summed E-state index contributed by atoms with van der Waals surface area (Å²) >= 11 is 0. The molecule has 3 nitrogen and oxygen atoms in total. The molecule has 1 aliphatic heterocycles. The average Bonchev–Trinajstić information content (AvgIpc) is 2.80. The van der Waals surface area contributed by atoms with Crippen LogP contribution in [0.5, 0.6) is 0 Å². The van der Waals surface area contributed by atoms with E-state index in [1.807, 2.05) is 18.2 Å². The minimum Gasteiger partial charge on any atom is -0.381 e. The molecule has 0 saturated carbocycles. The van der Waals surface area contributed by atoms with Crippen molar-refractivity contribution in [3.8, 4) is 0 Å². The van der Waals surface area contributed by atoms with Gasteiger partial charge in [-0.05, 0) is 6.42 Å². The molecule has 0 unspecified atom stereocenters. The van der Waals surface area contributed by atoms with Crippen molar-refractivity contribution >= 4 is 0 Å². The molecule has 1 aromatic carbocycles. The van der Waals surface area contributed by atoms with E-state index in [1.165, 1.54) is 89.9 Å². The summed E-state index contributed by atoms with van der Waals surface area (Å²) in [5.41, 5.74) is 1.05. The van der Waals surface area contributed by atoms with Crippen molar-refractivity contribution in [3.63, 3.8) is 0 Å². The lowest BCUT2D eigenvalue weighted by molar-refractivity contribution is -0.239. The Labute approximate surface area is 192 Å². The standard InChI is InChI=1S/C28H48O3/c1-3-4-5-6-7-8-9-10-11-12-13-14-15-19-22-29-23-28(2)24-30-27(31-25-28)26-20-17-16-18-21-26/h16-18,20-21,27H,3-15,19,22-25H2,1-2H3. The minimum absolute atomic E-state index is 0.0404. The maximum atomic E-state index is 5.96. The van der Waals surface area contributed by atoms with Gasteiger partial charge in [-0.3, -0.25) is 0 Å². The van der Waals surface area contributed by atoms with Crippen molar-refractivity contribution in [3.05, 3.63) is 35.9 Å². The van der Waals surface area contributed by atoms with Crippen LogP contribution in [0.15, 0.2) is 30.3 Å². The van der Waals surface area contributed by atoms with Gasteiger partial charge in [-0.1, -0.05) is 128 Å². The highest BCUT2D eigenvalue weighted by Crippen LogP contribution is 2.31. The van der Waals surface area contributed by atoms with Crippen LogP contribution >= 0.6 is 0 Å².